The van der Waals surface area contributed by atoms with Crippen molar-refractivity contribution in [2.45, 2.75) is 38.3 Å². The van der Waals surface area contributed by atoms with Gasteiger partial charge in [-0.3, -0.25) is 9.69 Å². The summed E-state index contributed by atoms with van der Waals surface area (Å²) in [5.74, 6) is 0.880. The molecule has 2 N–H and O–H groups in total. The van der Waals surface area contributed by atoms with Gasteiger partial charge in [-0.1, -0.05) is 12.1 Å². The number of aliphatic hydroxyl groups excluding tert-OH is 1. The topological polar surface area (TPSA) is 61.8 Å². The fraction of sp³-hybridized carbons (Fsp3) is 0.588. The molecule has 0 aliphatic carbocycles. The van der Waals surface area contributed by atoms with Gasteiger partial charge in [-0.15, -0.1) is 0 Å². The Labute approximate surface area is 132 Å². The van der Waals surface area contributed by atoms with E-state index in [4.69, 9.17) is 9.84 Å². The van der Waals surface area contributed by atoms with Crippen molar-refractivity contribution in [3.8, 4) is 5.75 Å². The average Bonchev–Trinajstić information content (AvgIpc) is 2.98. The van der Waals surface area contributed by atoms with Crippen molar-refractivity contribution < 1.29 is 14.6 Å². The SMILES string of the molecule is COc1ccc(CNC(=O)CN2CCCC2CCCO)cc1. The van der Waals surface area contributed by atoms with Crippen LogP contribution in [0.15, 0.2) is 24.3 Å². The van der Waals surface area contributed by atoms with E-state index in [1.165, 1.54) is 0 Å². The molecule has 1 aromatic carbocycles. The molecule has 22 heavy (non-hydrogen) atoms. The summed E-state index contributed by atoms with van der Waals surface area (Å²) >= 11 is 0. The molecule has 1 aromatic rings. The highest BCUT2D eigenvalue weighted by Crippen LogP contribution is 2.20. The van der Waals surface area contributed by atoms with E-state index in [-0.39, 0.29) is 12.5 Å². The normalized spacial score (nSPS) is 18.4. The van der Waals surface area contributed by atoms with Gasteiger partial charge < -0.3 is 15.2 Å². The summed E-state index contributed by atoms with van der Waals surface area (Å²) in [5.41, 5.74) is 1.06. The molecule has 1 aliphatic heterocycles. The first-order chi connectivity index (χ1) is 10.7. The monoisotopic (exact) mass is 306 g/mol. The Hall–Kier alpha value is -1.59. The Morgan fingerprint density at radius 2 is 2.18 bits per heavy atom. The second kappa shape index (κ2) is 8.76. The van der Waals surface area contributed by atoms with Crippen molar-refractivity contribution in [2.24, 2.45) is 0 Å². The highest BCUT2D eigenvalue weighted by Gasteiger charge is 2.25. The number of carbonyl (C=O) groups is 1. The van der Waals surface area contributed by atoms with Crippen molar-refractivity contribution in [2.75, 3.05) is 26.8 Å². The number of hydrogen-bond acceptors (Lipinski definition) is 4. The van der Waals surface area contributed by atoms with Gasteiger partial charge in [0.25, 0.3) is 0 Å². The molecule has 2 rings (SSSR count). The van der Waals surface area contributed by atoms with E-state index >= 15 is 0 Å². The van der Waals surface area contributed by atoms with Crippen molar-refractivity contribution >= 4 is 5.91 Å². The zero-order chi connectivity index (χ0) is 15.8. The van der Waals surface area contributed by atoms with Crippen LogP contribution in [0, 0.1) is 0 Å². The molecule has 5 heteroatoms. The highest BCUT2D eigenvalue weighted by molar-refractivity contribution is 5.78. The molecule has 1 fully saturated rings. The number of likely N-dealkylation sites (tertiary alicyclic amines) is 1. The molecule has 0 saturated carbocycles. The Kier molecular flexibility index (Phi) is 6.68. The first kappa shape index (κ1) is 16.8. The minimum Gasteiger partial charge on any atom is -0.497 e. The van der Waals surface area contributed by atoms with Gasteiger partial charge in [0.15, 0.2) is 0 Å². The van der Waals surface area contributed by atoms with Crippen molar-refractivity contribution in [1.82, 2.24) is 10.2 Å². The van der Waals surface area contributed by atoms with Crippen LogP contribution < -0.4 is 10.1 Å². The van der Waals surface area contributed by atoms with Gasteiger partial charge in [-0.05, 0) is 49.9 Å². The number of nitrogens with one attached hydrogen (secondary N) is 1. The van der Waals surface area contributed by atoms with Gasteiger partial charge in [0, 0.05) is 19.2 Å². The van der Waals surface area contributed by atoms with Gasteiger partial charge in [0.2, 0.25) is 5.91 Å². The summed E-state index contributed by atoms with van der Waals surface area (Å²) in [6, 6.07) is 8.15. The van der Waals surface area contributed by atoms with Crippen LogP contribution in [0.5, 0.6) is 5.75 Å². The highest BCUT2D eigenvalue weighted by atomic mass is 16.5. The first-order valence-corrected chi connectivity index (χ1v) is 7.97. The van der Waals surface area contributed by atoms with E-state index < -0.39 is 0 Å². The lowest BCUT2D eigenvalue weighted by Gasteiger charge is -2.23. The summed E-state index contributed by atoms with van der Waals surface area (Å²) < 4.78 is 5.12. The Morgan fingerprint density at radius 3 is 2.86 bits per heavy atom. The lowest BCUT2D eigenvalue weighted by atomic mass is 10.1. The average molecular weight is 306 g/mol. The summed E-state index contributed by atoms with van der Waals surface area (Å²) in [7, 11) is 1.64. The molecular formula is C17H26N2O3. The molecule has 0 aromatic heterocycles. The number of carbonyl (C=O) groups excluding carboxylic acids is 1. The van der Waals surface area contributed by atoms with Gasteiger partial charge in [-0.2, -0.15) is 0 Å². The van der Waals surface area contributed by atoms with Crippen LogP contribution in [-0.2, 0) is 11.3 Å². The van der Waals surface area contributed by atoms with Crippen LogP contribution in [-0.4, -0.2) is 48.8 Å². The lowest BCUT2D eigenvalue weighted by Crippen LogP contribution is -2.39. The predicted octanol–water partition coefficient (Wildman–Crippen LogP) is 1.55. The van der Waals surface area contributed by atoms with Gasteiger partial charge >= 0.3 is 0 Å². The number of methoxy groups -OCH3 is 1. The number of hydrogen-bond donors (Lipinski definition) is 2. The zero-order valence-corrected chi connectivity index (χ0v) is 13.3. The largest absolute Gasteiger partial charge is 0.497 e. The van der Waals surface area contributed by atoms with Crippen LogP contribution in [0.3, 0.4) is 0 Å². The fourth-order valence-corrected chi connectivity index (χ4v) is 2.94. The number of rotatable bonds is 8. The third-order valence-corrected chi connectivity index (χ3v) is 4.19. The summed E-state index contributed by atoms with van der Waals surface area (Å²) in [5, 5.41) is 11.9. The Bertz CT molecular complexity index is 461. The second-order valence-corrected chi connectivity index (χ2v) is 5.76. The Balaban J connectivity index is 1.74. The maximum atomic E-state index is 12.1. The van der Waals surface area contributed by atoms with Crippen LogP contribution in [0.2, 0.25) is 0 Å². The van der Waals surface area contributed by atoms with Crippen molar-refractivity contribution in [3.05, 3.63) is 29.8 Å². The van der Waals surface area contributed by atoms with E-state index in [9.17, 15) is 4.79 Å². The summed E-state index contributed by atoms with van der Waals surface area (Å²) in [6.45, 7) is 2.20. The molecule has 1 amide bonds. The van der Waals surface area contributed by atoms with Crippen molar-refractivity contribution in [3.63, 3.8) is 0 Å². The molecule has 0 bridgehead atoms. The number of benzene rings is 1. The lowest BCUT2D eigenvalue weighted by molar-refractivity contribution is -0.122. The minimum absolute atomic E-state index is 0.0618. The number of ether oxygens (including phenoxy) is 1. The van der Waals surface area contributed by atoms with Gasteiger partial charge in [-0.25, -0.2) is 0 Å². The minimum atomic E-state index is 0.0618. The number of nitrogens with zero attached hydrogens (tertiary/aromatic N) is 1. The van der Waals surface area contributed by atoms with Crippen LogP contribution in [0.4, 0.5) is 0 Å². The third-order valence-electron chi connectivity index (χ3n) is 4.19. The zero-order valence-electron chi connectivity index (χ0n) is 13.3. The molecule has 1 unspecified atom stereocenters. The fourth-order valence-electron chi connectivity index (χ4n) is 2.94. The second-order valence-electron chi connectivity index (χ2n) is 5.76. The van der Waals surface area contributed by atoms with E-state index in [1.54, 1.807) is 7.11 Å². The molecule has 5 nitrogen and oxygen atoms in total. The summed E-state index contributed by atoms with van der Waals surface area (Å²) in [6.07, 6.45) is 4.06. The number of amides is 1. The van der Waals surface area contributed by atoms with E-state index in [0.717, 1.165) is 43.5 Å². The smallest absolute Gasteiger partial charge is 0.234 e. The van der Waals surface area contributed by atoms with Crippen LogP contribution in [0.25, 0.3) is 0 Å². The van der Waals surface area contributed by atoms with E-state index in [0.29, 0.717) is 19.1 Å². The molecule has 1 heterocycles. The van der Waals surface area contributed by atoms with Crippen LogP contribution in [0.1, 0.15) is 31.2 Å². The standard InChI is InChI=1S/C17H26N2O3/c1-22-16-8-6-14(7-9-16)12-18-17(21)13-19-10-2-4-15(19)5-3-11-20/h6-9,15,20H,2-5,10-13H2,1H3,(H,18,21). The first-order valence-electron chi connectivity index (χ1n) is 7.97. The van der Waals surface area contributed by atoms with Gasteiger partial charge in [0.05, 0.1) is 13.7 Å². The molecule has 1 atom stereocenters. The van der Waals surface area contributed by atoms with Crippen molar-refractivity contribution in [1.29, 1.82) is 0 Å². The molecular weight excluding hydrogens is 280 g/mol. The van der Waals surface area contributed by atoms with E-state index in [2.05, 4.69) is 10.2 Å². The molecule has 0 spiro atoms. The molecule has 122 valence electrons. The molecule has 1 aliphatic rings. The van der Waals surface area contributed by atoms with E-state index in [1.807, 2.05) is 24.3 Å². The Morgan fingerprint density at radius 1 is 1.41 bits per heavy atom. The molecule has 0 radical (unpaired) electrons. The van der Waals surface area contributed by atoms with Crippen LogP contribution >= 0.6 is 0 Å². The molecule has 1 saturated heterocycles. The number of aliphatic hydroxyl groups is 1. The quantitative estimate of drug-likeness (QED) is 0.765. The predicted molar refractivity (Wildman–Crippen MR) is 85.8 cm³/mol. The third kappa shape index (κ3) is 5.00. The maximum absolute atomic E-state index is 12.1. The maximum Gasteiger partial charge on any atom is 0.234 e. The van der Waals surface area contributed by atoms with Gasteiger partial charge in [0.1, 0.15) is 5.75 Å². The summed E-state index contributed by atoms with van der Waals surface area (Å²) in [4.78, 5) is 14.3.